The van der Waals surface area contributed by atoms with Gasteiger partial charge in [0, 0.05) is 16.7 Å². The van der Waals surface area contributed by atoms with Crippen LogP contribution < -0.4 is 0 Å². The summed E-state index contributed by atoms with van der Waals surface area (Å²) in [6.07, 6.45) is 1.13. The molecular formula is C10H12O4S2. The molecule has 0 saturated carbocycles. The first kappa shape index (κ1) is 13.1. The highest BCUT2D eigenvalue weighted by Gasteiger charge is 2.07. The van der Waals surface area contributed by atoms with E-state index in [9.17, 15) is 9.59 Å². The zero-order valence-corrected chi connectivity index (χ0v) is 10.4. The molecule has 1 aromatic heterocycles. The van der Waals surface area contributed by atoms with Crippen LogP contribution in [0.1, 0.15) is 22.5 Å². The van der Waals surface area contributed by atoms with Gasteiger partial charge in [-0.3, -0.25) is 4.79 Å². The molecule has 1 aromatic rings. The van der Waals surface area contributed by atoms with E-state index in [0.717, 1.165) is 17.1 Å². The van der Waals surface area contributed by atoms with Gasteiger partial charge in [0.15, 0.2) is 0 Å². The lowest BCUT2D eigenvalue weighted by atomic mass is 10.3. The van der Waals surface area contributed by atoms with Crippen molar-refractivity contribution in [2.45, 2.75) is 17.7 Å². The number of hydrogen-bond donors (Lipinski definition) is 1. The molecule has 0 saturated heterocycles. The molecular weight excluding hydrogens is 248 g/mol. The van der Waals surface area contributed by atoms with Crippen LogP contribution in [-0.2, 0) is 9.53 Å². The van der Waals surface area contributed by atoms with Crippen molar-refractivity contribution in [1.82, 2.24) is 0 Å². The lowest BCUT2D eigenvalue weighted by Gasteiger charge is -1.98. The van der Waals surface area contributed by atoms with Crippen molar-refractivity contribution >= 4 is 35.0 Å². The maximum Gasteiger partial charge on any atom is 0.345 e. The number of thioether (sulfide) groups is 1. The minimum atomic E-state index is -0.897. The molecule has 1 heterocycles. The Morgan fingerprint density at radius 2 is 2.31 bits per heavy atom. The maximum absolute atomic E-state index is 10.8. The summed E-state index contributed by atoms with van der Waals surface area (Å²) in [6, 6.07) is 1.65. The van der Waals surface area contributed by atoms with E-state index in [1.807, 2.05) is 5.38 Å². The van der Waals surface area contributed by atoms with E-state index in [1.54, 1.807) is 17.8 Å². The fourth-order valence-corrected chi connectivity index (χ4v) is 2.84. The first-order valence-corrected chi connectivity index (χ1v) is 6.51. The third kappa shape index (κ3) is 4.24. The molecule has 0 aromatic carbocycles. The number of rotatable bonds is 6. The zero-order chi connectivity index (χ0) is 12.0. The molecule has 0 aliphatic carbocycles. The Morgan fingerprint density at radius 3 is 2.88 bits per heavy atom. The third-order valence-electron chi connectivity index (χ3n) is 1.81. The van der Waals surface area contributed by atoms with Crippen molar-refractivity contribution in [3.05, 3.63) is 16.3 Å². The fourth-order valence-electron chi connectivity index (χ4n) is 1.02. The van der Waals surface area contributed by atoms with Gasteiger partial charge in [0.05, 0.1) is 7.11 Å². The van der Waals surface area contributed by atoms with E-state index in [1.165, 1.54) is 18.4 Å². The predicted octanol–water partition coefficient (Wildman–Crippen LogP) is 2.49. The second kappa shape index (κ2) is 6.55. The summed E-state index contributed by atoms with van der Waals surface area (Å²) in [5.41, 5.74) is 0. The average Bonchev–Trinajstić information content (AvgIpc) is 2.72. The van der Waals surface area contributed by atoms with Crippen LogP contribution in [0.5, 0.6) is 0 Å². The minimum Gasteiger partial charge on any atom is -0.477 e. The summed E-state index contributed by atoms with van der Waals surface area (Å²) in [6.45, 7) is 0. The maximum atomic E-state index is 10.8. The van der Waals surface area contributed by atoms with Crippen molar-refractivity contribution < 1.29 is 19.4 Å². The van der Waals surface area contributed by atoms with Gasteiger partial charge < -0.3 is 9.84 Å². The van der Waals surface area contributed by atoms with E-state index < -0.39 is 5.97 Å². The summed E-state index contributed by atoms with van der Waals surface area (Å²) in [5.74, 6) is -0.325. The van der Waals surface area contributed by atoms with Crippen molar-refractivity contribution in [2.24, 2.45) is 0 Å². The molecule has 0 radical (unpaired) electrons. The molecule has 0 atom stereocenters. The number of carboxylic acid groups (broad SMARTS) is 1. The van der Waals surface area contributed by atoms with Crippen molar-refractivity contribution in [1.29, 1.82) is 0 Å². The molecule has 0 aliphatic heterocycles. The summed E-state index contributed by atoms with van der Waals surface area (Å²) in [7, 11) is 1.37. The number of carbonyl (C=O) groups excluding carboxylic acids is 1. The molecule has 0 unspecified atom stereocenters. The van der Waals surface area contributed by atoms with E-state index in [4.69, 9.17) is 5.11 Å². The van der Waals surface area contributed by atoms with Crippen LogP contribution in [0, 0.1) is 0 Å². The number of ether oxygens (including phenoxy) is 1. The molecule has 88 valence electrons. The highest BCUT2D eigenvalue weighted by atomic mass is 32.2. The Balaban J connectivity index is 2.27. The molecule has 0 spiro atoms. The quantitative estimate of drug-likeness (QED) is 0.483. The Labute approximate surface area is 102 Å². The molecule has 16 heavy (non-hydrogen) atoms. The summed E-state index contributed by atoms with van der Waals surface area (Å²) in [4.78, 5) is 22.7. The Kier molecular flexibility index (Phi) is 5.34. The predicted molar refractivity (Wildman–Crippen MR) is 63.3 cm³/mol. The lowest BCUT2D eigenvalue weighted by Crippen LogP contribution is -1.99. The Morgan fingerprint density at radius 1 is 1.56 bits per heavy atom. The summed E-state index contributed by atoms with van der Waals surface area (Å²) >= 11 is 2.76. The van der Waals surface area contributed by atoms with Gasteiger partial charge in [-0.15, -0.1) is 23.1 Å². The van der Waals surface area contributed by atoms with Crippen LogP contribution in [-0.4, -0.2) is 29.9 Å². The van der Waals surface area contributed by atoms with E-state index in [0.29, 0.717) is 11.3 Å². The summed E-state index contributed by atoms with van der Waals surface area (Å²) < 4.78 is 4.51. The third-order valence-corrected chi connectivity index (χ3v) is 3.94. The first-order valence-electron chi connectivity index (χ1n) is 4.65. The second-order valence-corrected chi connectivity index (χ2v) is 5.06. The number of methoxy groups -OCH3 is 1. The molecule has 1 rings (SSSR count). The molecule has 0 bridgehead atoms. The topological polar surface area (TPSA) is 63.6 Å². The Hall–Kier alpha value is -1.01. The van der Waals surface area contributed by atoms with E-state index >= 15 is 0 Å². The smallest absolute Gasteiger partial charge is 0.345 e. The molecule has 0 fully saturated rings. The molecule has 0 amide bonds. The van der Waals surface area contributed by atoms with Crippen molar-refractivity contribution in [3.63, 3.8) is 0 Å². The number of thiophene rings is 1. The molecule has 1 N–H and O–H groups in total. The minimum absolute atomic E-state index is 0.211. The number of aromatic carboxylic acids is 1. The van der Waals surface area contributed by atoms with Gasteiger partial charge in [0.1, 0.15) is 4.88 Å². The largest absolute Gasteiger partial charge is 0.477 e. The number of carboxylic acids is 1. The molecule has 6 heteroatoms. The van der Waals surface area contributed by atoms with Gasteiger partial charge in [0.2, 0.25) is 0 Å². The van der Waals surface area contributed by atoms with E-state index in [2.05, 4.69) is 4.74 Å². The highest BCUT2D eigenvalue weighted by Crippen LogP contribution is 2.25. The van der Waals surface area contributed by atoms with Gasteiger partial charge in [-0.25, -0.2) is 4.79 Å². The van der Waals surface area contributed by atoms with Gasteiger partial charge in [-0.1, -0.05) is 0 Å². The van der Waals surface area contributed by atoms with Crippen molar-refractivity contribution in [3.8, 4) is 0 Å². The Bertz CT molecular complexity index is 373. The normalized spacial score (nSPS) is 10.1. The fraction of sp³-hybridized carbons (Fsp3) is 0.400. The monoisotopic (exact) mass is 260 g/mol. The highest BCUT2D eigenvalue weighted by molar-refractivity contribution is 7.99. The molecule has 0 aliphatic rings. The van der Waals surface area contributed by atoms with Crippen molar-refractivity contribution in [2.75, 3.05) is 12.9 Å². The average molecular weight is 260 g/mol. The van der Waals surface area contributed by atoms with Crippen LogP contribution in [0.25, 0.3) is 0 Å². The van der Waals surface area contributed by atoms with E-state index in [-0.39, 0.29) is 5.97 Å². The van der Waals surface area contributed by atoms with Gasteiger partial charge in [-0.2, -0.15) is 0 Å². The van der Waals surface area contributed by atoms with Crippen LogP contribution in [0.3, 0.4) is 0 Å². The van der Waals surface area contributed by atoms with Crippen LogP contribution >= 0.6 is 23.1 Å². The van der Waals surface area contributed by atoms with Gasteiger partial charge >= 0.3 is 11.9 Å². The van der Waals surface area contributed by atoms with Crippen LogP contribution in [0.4, 0.5) is 0 Å². The van der Waals surface area contributed by atoms with Gasteiger partial charge in [0.25, 0.3) is 0 Å². The first-order chi connectivity index (χ1) is 7.63. The number of carbonyl (C=O) groups is 2. The van der Waals surface area contributed by atoms with Crippen LogP contribution in [0.2, 0.25) is 0 Å². The van der Waals surface area contributed by atoms with Crippen LogP contribution in [0.15, 0.2) is 16.3 Å². The number of esters is 1. The second-order valence-electron chi connectivity index (χ2n) is 2.98. The molecule has 4 nitrogen and oxygen atoms in total. The number of hydrogen-bond acceptors (Lipinski definition) is 5. The lowest BCUT2D eigenvalue weighted by molar-refractivity contribution is -0.140. The van der Waals surface area contributed by atoms with Gasteiger partial charge in [-0.05, 0) is 18.2 Å². The SMILES string of the molecule is COC(=O)CCCSc1csc(C(=O)O)c1. The zero-order valence-electron chi connectivity index (χ0n) is 8.76. The summed E-state index contributed by atoms with van der Waals surface area (Å²) in [5, 5.41) is 10.5. The standard InChI is InChI=1S/C10H12O4S2/c1-14-9(11)3-2-4-15-7-5-8(10(12)13)16-6-7/h5-6H,2-4H2,1H3,(H,12,13).